The average Bonchev–Trinajstić information content (AvgIpc) is 2.72. The van der Waals surface area contributed by atoms with Gasteiger partial charge in [0.15, 0.2) is 0 Å². The maximum atomic E-state index is 2.18. The van der Waals surface area contributed by atoms with E-state index in [1.54, 1.807) is 15.3 Å². The van der Waals surface area contributed by atoms with Gasteiger partial charge >= 0.3 is 0 Å². The van der Waals surface area contributed by atoms with Crippen molar-refractivity contribution in [2.45, 2.75) is 77.0 Å². The average molecular weight is 248 g/mol. The lowest BCUT2D eigenvalue weighted by Crippen LogP contribution is -2.02. The van der Waals surface area contributed by atoms with Gasteiger partial charge in [-0.2, -0.15) is 0 Å². The molecule has 1 aromatic rings. The van der Waals surface area contributed by atoms with Crippen LogP contribution in [-0.4, -0.2) is 0 Å². The van der Waals surface area contributed by atoms with E-state index in [4.69, 9.17) is 0 Å². The van der Waals surface area contributed by atoms with Crippen LogP contribution in [0.15, 0.2) is 0 Å². The smallest absolute Gasteiger partial charge is 0.00830 e. The second kappa shape index (κ2) is 5.56. The quantitative estimate of drug-likeness (QED) is 0.601. The monoisotopic (exact) mass is 248 g/mol. The van der Waals surface area contributed by atoms with Crippen molar-refractivity contribution in [1.82, 2.24) is 0 Å². The third-order valence-electron chi connectivity index (χ3n) is 4.45. The minimum absolute atomic E-state index is 1.38. The molecule has 1 heterocycles. The summed E-state index contributed by atoms with van der Waals surface area (Å²) in [7, 11) is 0. The van der Waals surface area contributed by atoms with Crippen LogP contribution in [0.4, 0.5) is 0 Å². The van der Waals surface area contributed by atoms with Crippen LogP contribution in [0.25, 0.3) is 0 Å². The SMILES string of the molecule is C1CCCCc2c(sc3c2CCCC3)CCC1. The molecule has 0 fully saturated rings. The number of thiophene rings is 1. The Labute approximate surface area is 109 Å². The molecule has 0 amide bonds. The normalized spacial score (nSPS) is 21.6. The summed E-state index contributed by atoms with van der Waals surface area (Å²) in [5.41, 5.74) is 3.61. The molecular weight excluding hydrogens is 224 g/mol. The minimum atomic E-state index is 1.38. The Kier molecular flexibility index (Phi) is 3.85. The maximum Gasteiger partial charge on any atom is 0.00830 e. The molecule has 2 aliphatic carbocycles. The number of fused-ring (bicyclic) bond motifs is 3. The summed E-state index contributed by atoms with van der Waals surface area (Å²) in [4.78, 5) is 3.54. The van der Waals surface area contributed by atoms with Crippen molar-refractivity contribution in [1.29, 1.82) is 0 Å². The second-order valence-corrected chi connectivity index (χ2v) is 6.92. The van der Waals surface area contributed by atoms with E-state index < -0.39 is 0 Å². The predicted molar refractivity (Wildman–Crippen MR) is 76.1 cm³/mol. The summed E-state index contributed by atoms with van der Waals surface area (Å²) in [6, 6.07) is 0. The van der Waals surface area contributed by atoms with Crippen LogP contribution >= 0.6 is 11.3 Å². The van der Waals surface area contributed by atoms with Gasteiger partial charge < -0.3 is 0 Å². The van der Waals surface area contributed by atoms with Crippen molar-refractivity contribution < 1.29 is 0 Å². The van der Waals surface area contributed by atoms with Gasteiger partial charge in [0.1, 0.15) is 0 Å². The molecule has 0 radical (unpaired) electrons. The molecule has 3 rings (SSSR count). The molecule has 0 aliphatic heterocycles. The van der Waals surface area contributed by atoms with E-state index in [2.05, 4.69) is 11.3 Å². The zero-order chi connectivity index (χ0) is 11.5. The topological polar surface area (TPSA) is 0 Å². The lowest BCUT2D eigenvalue weighted by Gasteiger charge is -2.14. The zero-order valence-electron chi connectivity index (χ0n) is 10.9. The Balaban J connectivity index is 1.87. The Morgan fingerprint density at radius 3 is 1.53 bits per heavy atom. The van der Waals surface area contributed by atoms with Gasteiger partial charge in [-0.1, -0.05) is 25.7 Å². The van der Waals surface area contributed by atoms with Crippen molar-refractivity contribution in [2.75, 3.05) is 0 Å². The van der Waals surface area contributed by atoms with Gasteiger partial charge in [-0.25, -0.2) is 0 Å². The van der Waals surface area contributed by atoms with E-state index in [1.165, 1.54) is 77.0 Å². The largest absolute Gasteiger partial charge is 0.145 e. The predicted octanol–water partition coefficient (Wildman–Crippen LogP) is 5.07. The van der Waals surface area contributed by atoms with Gasteiger partial charge in [-0.05, 0) is 62.5 Å². The summed E-state index contributed by atoms with van der Waals surface area (Å²) in [6.45, 7) is 0. The van der Waals surface area contributed by atoms with Crippen molar-refractivity contribution in [2.24, 2.45) is 0 Å². The van der Waals surface area contributed by atoms with Crippen LogP contribution in [0.2, 0.25) is 0 Å². The first-order valence-electron chi connectivity index (χ1n) is 7.57. The van der Waals surface area contributed by atoms with Gasteiger partial charge in [-0.15, -0.1) is 11.3 Å². The molecule has 0 aromatic carbocycles. The summed E-state index contributed by atoms with van der Waals surface area (Å²) < 4.78 is 0. The van der Waals surface area contributed by atoms with Crippen molar-refractivity contribution >= 4 is 11.3 Å². The fraction of sp³-hybridized carbons (Fsp3) is 0.750. The first kappa shape index (κ1) is 11.8. The molecule has 0 saturated carbocycles. The van der Waals surface area contributed by atoms with Crippen molar-refractivity contribution in [3.63, 3.8) is 0 Å². The summed E-state index contributed by atoms with van der Waals surface area (Å²) in [5.74, 6) is 0. The van der Waals surface area contributed by atoms with E-state index >= 15 is 0 Å². The number of rotatable bonds is 0. The van der Waals surface area contributed by atoms with E-state index in [0.717, 1.165) is 0 Å². The Hall–Kier alpha value is -0.300. The lowest BCUT2D eigenvalue weighted by molar-refractivity contribution is 0.581. The molecule has 0 unspecified atom stereocenters. The van der Waals surface area contributed by atoms with Crippen LogP contribution in [0.1, 0.15) is 72.2 Å². The van der Waals surface area contributed by atoms with Gasteiger partial charge in [0, 0.05) is 9.75 Å². The first-order valence-corrected chi connectivity index (χ1v) is 8.39. The van der Waals surface area contributed by atoms with Crippen LogP contribution in [0, 0.1) is 0 Å². The third-order valence-corrected chi connectivity index (χ3v) is 5.84. The molecule has 0 atom stereocenters. The van der Waals surface area contributed by atoms with Gasteiger partial charge in [0.2, 0.25) is 0 Å². The zero-order valence-corrected chi connectivity index (χ0v) is 11.7. The molecule has 1 heteroatoms. The highest BCUT2D eigenvalue weighted by Gasteiger charge is 2.20. The van der Waals surface area contributed by atoms with Crippen molar-refractivity contribution in [3.8, 4) is 0 Å². The molecule has 0 N–H and O–H groups in total. The van der Waals surface area contributed by atoms with E-state index in [1.807, 2.05) is 5.56 Å². The molecule has 0 saturated heterocycles. The fourth-order valence-corrected chi connectivity index (χ4v) is 4.96. The van der Waals surface area contributed by atoms with Crippen LogP contribution in [0.5, 0.6) is 0 Å². The minimum Gasteiger partial charge on any atom is -0.145 e. The van der Waals surface area contributed by atoms with Crippen LogP contribution in [0.3, 0.4) is 0 Å². The first-order chi connectivity index (χ1) is 8.45. The molecular formula is C16H24S. The molecule has 0 bridgehead atoms. The van der Waals surface area contributed by atoms with Gasteiger partial charge in [0.25, 0.3) is 0 Å². The summed E-state index contributed by atoms with van der Waals surface area (Å²) in [5, 5.41) is 0. The number of hydrogen-bond acceptors (Lipinski definition) is 1. The van der Waals surface area contributed by atoms with E-state index in [9.17, 15) is 0 Å². The summed E-state index contributed by atoms with van der Waals surface area (Å²) in [6.07, 6.45) is 17.2. The maximum absolute atomic E-state index is 2.18. The van der Waals surface area contributed by atoms with E-state index in [-0.39, 0.29) is 0 Å². The lowest BCUT2D eigenvalue weighted by atomic mass is 9.90. The Morgan fingerprint density at radius 2 is 0.882 bits per heavy atom. The molecule has 2 aliphatic rings. The molecule has 17 heavy (non-hydrogen) atoms. The standard InChI is InChI=1S/C16H24S/c1-2-4-6-11-15-13(9-5-3-1)14-10-7-8-12-16(14)17-15/h1-12H2. The molecule has 0 spiro atoms. The van der Waals surface area contributed by atoms with E-state index in [0.29, 0.717) is 0 Å². The Bertz CT molecular complexity index is 375. The Morgan fingerprint density at radius 1 is 0.471 bits per heavy atom. The summed E-state index contributed by atoms with van der Waals surface area (Å²) >= 11 is 2.18. The number of aryl methyl sites for hydroxylation is 2. The van der Waals surface area contributed by atoms with Crippen molar-refractivity contribution in [3.05, 3.63) is 20.9 Å². The molecule has 0 nitrogen and oxygen atoms in total. The van der Waals surface area contributed by atoms with Crippen LogP contribution in [-0.2, 0) is 25.7 Å². The van der Waals surface area contributed by atoms with Gasteiger partial charge in [0.05, 0.1) is 0 Å². The fourth-order valence-electron chi connectivity index (χ4n) is 3.47. The third kappa shape index (κ3) is 2.59. The van der Waals surface area contributed by atoms with Crippen LogP contribution < -0.4 is 0 Å². The highest BCUT2D eigenvalue weighted by atomic mass is 32.1. The second-order valence-electron chi connectivity index (χ2n) is 5.73. The molecule has 94 valence electrons. The van der Waals surface area contributed by atoms with Gasteiger partial charge in [-0.3, -0.25) is 0 Å². The molecule has 1 aromatic heterocycles. The number of hydrogen-bond donors (Lipinski definition) is 0. The highest BCUT2D eigenvalue weighted by molar-refractivity contribution is 7.12. The highest BCUT2D eigenvalue weighted by Crippen LogP contribution is 2.36.